The van der Waals surface area contributed by atoms with Gasteiger partial charge in [0.25, 0.3) is 0 Å². The normalized spacial score (nSPS) is 19.6. The summed E-state index contributed by atoms with van der Waals surface area (Å²) in [5, 5.41) is 29.4. The first kappa shape index (κ1) is 26.3. The van der Waals surface area contributed by atoms with Crippen LogP contribution in [0, 0.1) is 17.8 Å². The number of hydrogen-bond acceptors (Lipinski definition) is 6. The smallest absolute Gasteiger partial charge is 0.310 e. The number of ether oxygens (including phenoxy) is 1. The van der Waals surface area contributed by atoms with Gasteiger partial charge in [0.15, 0.2) is 0 Å². The van der Waals surface area contributed by atoms with Crippen LogP contribution in [0.2, 0.25) is 0 Å². The molecule has 30 heavy (non-hydrogen) atoms. The van der Waals surface area contributed by atoms with Crippen LogP contribution in [-0.2, 0) is 14.3 Å². The minimum atomic E-state index is -0.789. The van der Waals surface area contributed by atoms with Gasteiger partial charge < -0.3 is 20.1 Å². The highest BCUT2D eigenvalue weighted by atomic mass is 32.2. The molecule has 0 spiro atoms. The van der Waals surface area contributed by atoms with E-state index in [4.69, 9.17) is 9.84 Å². The van der Waals surface area contributed by atoms with E-state index in [1.165, 1.54) is 11.8 Å². The van der Waals surface area contributed by atoms with Crippen LogP contribution in [-0.4, -0.2) is 45.2 Å². The predicted molar refractivity (Wildman–Crippen MR) is 119 cm³/mol. The summed E-state index contributed by atoms with van der Waals surface area (Å²) in [6, 6.07) is 0. The lowest BCUT2D eigenvalue weighted by Gasteiger charge is -2.15. The molecule has 0 heterocycles. The third-order valence-electron chi connectivity index (χ3n) is 4.65. The Labute approximate surface area is 183 Å². The van der Waals surface area contributed by atoms with E-state index in [0.717, 1.165) is 23.5 Å². The molecule has 7 heteroatoms. The molecule has 0 aromatic rings. The van der Waals surface area contributed by atoms with E-state index in [1.807, 2.05) is 6.92 Å². The van der Waals surface area contributed by atoms with Gasteiger partial charge in [0, 0.05) is 36.5 Å². The number of hydrogen-bond donors (Lipinski definition) is 3. The minimum absolute atomic E-state index is 0.164. The first-order valence-corrected chi connectivity index (χ1v) is 11.6. The summed E-state index contributed by atoms with van der Waals surface area (Å²) in [6.07, 6.45) is 6.96. The van der Waals surface area contributed by atoms with Crippen molar-refractivity contribution in [2.24, 2.45) is 5.92 Å². The molecule has 168 valence electrons. The van der Waals surface area contributed by atoms with Gasteiger partial charge in [-0.2, -0.15) is 0 Å². The van der Waals surface area contributed by atoms with Crippen LogP contribution < -0.4 is 0 Å². The summed E-state index contributed by atoms with van der Waals surface area (Å²) in [6.45, 7) is 3.66. The molecule has 0 amide bonds. The van der Waals surface area contributed by atoms with Crippen LogP contribution in [0.4, 0.5) is 0 Å². The predicted octanol–water partition coefficient (Wildman–Crippen LogP) is 4.02. The molecule has 0 aliphatic heterocycles. The lowest BCUT2D eigenvalue weighted by atomic mass is 10.0. The zero-order valence-corrected chi connectivity index (χ0v) is 18.7. The first-order valence-electron chi connectivity index (χ1n) is 10.6. The Kier molecular flexibility index (Phi) is 13.2. The molecule has 0 aromatic carbocycles. The van der Waals surface area contributed by atoms with Gasteiger partial charge in [0.05, 0.1) is 12.2 Å². The van der Waals surface area contributed by atoms with E-state index < -0.39 is 18.2 Å². The number of thioether (sulfide) groups is 1. The number of esters is 1. The molecule has 0 fully saturated rings. The quantitative estimate of drug-likeness (QED) is 0.163. The summed E-state index contributed by atoms with van der Waals surface area (Å²) in [5.41, 5.74) is 0. The van der Waals surface area contributed by atoms with Crippen molar-refractivity contribution < 1.29 is 29.6 Å². The van der Waals surface area contributed by atoms with Gasteiger partial charge in [-0.05, 0) is 38.4 Å². The number of carbonyl (C=O) groups excluding carboxylic acids is 1. The third-order valence-corrected chi connectivity index (χ3v) is 5.96. The second kappa shape index (κ2) is 15.1. The fourth-order valence-corrected chi connectivity index (χ4v) is 4.36. The van der Waals surface area contributed by atoms with Gasteiger partial charge in [0.2, 0.25) is 0 Å². The molecule has 1 rings (SSSR count). The summed E-state index contributed by atoms with van der Waals surface area (Å²) in [7, 11) is 0. The van der Waals surface area contributed by atoms with E-state index in [9.17, 15) is 19.8 Å². The van der Waals surface area contributed by atoms with E-state index in [1.54, 1.807) is 19.1 Å². The van der Waals surface area contributed by atoms with Crippen molar-refractivity contribution in [1.82, 2.24) is 0 Å². The maximum atomic E-state index is 12.0. The summed E-state index contributed by atoms with van der Waals surface area (Å²) >= 11 is 1.54. The Hall–Kier alpha value is -1.75. The van der Waals surface area contributed by atoms with Crippen molar-refractivity contribution in [2.45, 2.75) is 83.8 Å². The Morgan fingerprint density at radius 1 is 1.30 bits per heavy atom. The SMILES string of the molecule is CC#CCC[C@H](O)/C=C/[C@@H]1C(SCCCCCC(=O)O)=C(OC(=O)CCC)C[C@H]1O. The highest BCUT2D eigenvalue weighted by Gasteiger charge is 2.34. The zero-order valence-electron chi connectivity index (χ0n) is 17.9. The Balaban J connectivity index is 2.77. The maximum Gasteiger partial charge on any atom is 0.310 e. The van der Waals surface area contributed by atoms with Crippen molar-refractivity contribution >= 4 is 23.7 Å². The highest BCUT2D eigenvalue weighted by molar-refractivity contribution is 8.03. The second-order valence-corrected chi connectivity index (χ2v) is 8.42. The van der Waals surface area contributed by atoms with E-state index in [2.05, 4.69) is 11.8 Å². The molecular formula is C23H34O6S. The van der Waals surface area contributed by atoms with Crippen molar-refractivity contribution in [3.8, 4) is 11.8 Å². The summed E-state index contributed by atoms with van der Waals surface area (Å²) < 4.78 is 5.53. The van der Waals surface area contributed by atoms with Crippen LogP contribution >= 0.6 is 11.8 Å². The second-order valence-electron chi connectivity index (χ2n) is 7.28. The number of carbonyl (C=O) groups is 2. The molecule has 0 bridgehead atoms. The molecule has 3 atom stereocenters. The minimum Gasteiger partial charge on any atom is -0.481 e. The van der Waals surface area contributed by atoms with Crippen LogP contribution in [0.15, 0.2) is 22.8 Å². The molecule has 0 saturated carbocycles. The molecule has 0 radical (unpaired) electrons. The Morgan fingerprint density at radius 3 is 2.73 bits per heavy atom. The Morgan fingerprint density at radius 2 is 2.07 bits per heavy atom. The van der Waals surface area contributed by atoms with Gasteiger partial charge in [-0.1, -0.05) is 25.5 Å². The number of carboxylic acids is 1. The van der Waals surface area contributed by atoms with Crippen LogP contribution in [0.1, 0.15) is 71.6 Å². The molecular weight excluding hydrogens is 404 g/mol. The van der Waals surface area contributed by atoms with Crippen LogP contribution in [0.5, 0.6) is 0 Å². The standard InChI is InChI=1S/C23H34O6S/c1-3-5-7-11-17(24)13-14-18-19(25)16-20(29-22(28)10-4-2)23(18)30-15-9-6-8-12-21(26)27/h13-14,17-19,24-25H,4,6-12,15-16H2,1-2H3,(H,26,27)/b14-13+/t17-,18-,19+/m0/s1. The summed E-state index contributed by atoms with van der Waals surface area (Å²) in [4.78, 5) is 23.4. The van der Waals surface area contributed by atoms with Crippen molar-refractivity contribution in [3.05, 3.63) is 22.8 Å². The number of aliphatic hydroxyl groups is 2. The van der Waals surface area contributed by atoms with Gasteiger partial charge in [-0.15, -0.1) is 23.6 Å². The van der Waals surface area contributed by atoms with E-state index in [-0.39, 0.29) is 24.7 Å². The molecule has 3 N–H and O–H groups in total. The number of rotatable bonds is 14. The first-order chi connectivity index (χ1) is 14.4. The van der Waals surface area contributed by atoms with E-state index >= 15 is 0 Å². The topological polar surface area (TPSA) is 104 Å². The lowest BCUT2D eigenvalue weighted by Crippen LogP contribution is -2.14. The summed E-state index contributed by atoms with van der Waals surface area (Å²) in [5.74, 6) is 5.55. The maximum absolute atomic E-state index is 12.0. The zero-order chi connectivity index (χ0) is 22.4. The molecule has 1 aliphatic rings. The molecule has 0 aromatic heterocycles. The van der Waals surface area contributed by atoms with E-state index in [0.29, 0.717) is 37.9 Å². The van der Waals surface area contributed by atoms with Gasteiger partial charge >= 0.3 is 11.9 Å². The van der Waals surface area contributed by atoms with Crippen molar-refractivity contribution in [1.29, 1.82) is 0 Å². The molecule has 0 saturated heterocycles. The monoisotopic (exact) mass is 438 g/mol. The number of aliphatic carboxylic acids is 1. The number of carboxylic acid groups (broad SMARTS) is 1. The van der Waals surface area contributed by atoms with Crippen LogP contribution in [0.25, 0.3) is 0 Å². The molecule has 0 unspecified atom stereocenters. The number of aliphatic hydroxyl groups excluding tert-OH is 2. The molecule has 6 nitrogen and oxygen atoms in total. The third kappa shape index (κ3) is 10.3. The lowest BCUT2D eigenvalue weighted by molar-refractivity contribution is -0.140. The fraction of sp³-hybridized carbons (Fsp3) is 0.652. The van der Waals surface area contributed by atoms with Crippen LogP contribution in [0.3, 0.4) is 0 Å². The molecule has 1 aliphatic carbocycles. The highest BCUT2D eigenvalue weighted by Crippen LogP contribution is 2.41. The van der Waals surface area contributed by atoms with Gasteiger partial charge in [-0.3, -0.25) is 9.59 Å². The fourth-order valence-electron chi connectivity index (χ4n) is 3.08. The number of unbranched alkanes of at least 4 members (excludes halogenated alkanes) is 2. The van der Waals surface area contributed by atoms with Gasteiger partial charge in [-0.25, -0.2) is 0 Å². The van der Waals surface area contributed by atoms with Crippen molar-refractivity contribution in [2.75, 3.05) is 5.75 Å². The van der Waals surface area contributed by atoms with Gasteiger partial charge in [0.1, 0.15) is 5.76 Å². The largest absolute Gasteiger partial charge is 0.481 e. The Bertz CT molecular complexity index is 673. The van der Waals surface area contributed by atoms with Crippen molar-refractivity contribution in [3.63, 3.8) is 0 Å². The average molecular weight is 439 g/mol. The average Bonchev–Trinajstić information content (AvgIpc) is 2.97.